The van der Waals surface area contributed by atoms with Crippen molar-refractivity contribution in [1.29, 1.82) is 0 Å². The third-order valence-corrected chi connectivity index (χ3v) is 5.22. The van der Waals surface area contributed by atoms with Gasteiger partial charge < -0.3 is 10.2 Å². The molecule has 0 saturated carbocycles. The Bertz CT molecular complexity index is 762. The highest BCUT2D eigenvalue weighted by molar-refractivity contribution is 6.30. The van der Waals surface area contributed by atoms with Gasteiger partial charge in [0.2, 0.25) is 11.8 Å². The van der Waals surface area contributed by atoms with Crippen LogP contribution in [0.1, 0.15) is 44.2 Å². The summed E-state index contributed by atoms with van der Waals surface area (Å²) in [6, 6.07) is 16.9. The van der Waals surface area contributed by atoms with E-state index in [1.165, 1.54) is 0 Å². The van der Waals surface area contributed by atoms with E-state index in [4.69, 9.17) is 11.6 Å². The average molecular weight is 415 g/mol. The van der Waals surface area contributed by atoms with E-state index in [2.05, 4.69) is 12.2 Å². The molecule has 0 fully saturated rings. The first-order valence-electron chi connectivity index (χ1n) is 10.4. The number of unbranched alkanes of at least 4 members (excludes halogenated alkanes) is 1. The first kappa shape index (κ1) is 23.0. The molecule has 0 aliphatic carbocycles. The Kier molecular flexibility index (Phi) is 9.72. The van der Waals surface area contributed by atoms with Crippen LogP contribution in [0.15, 0.2) is 54.6 Å². The van der Waals surface area contributed by atoms with Crippen molar-refractivity contribution in [2.45, 2.75) is 52.0 Å². The highest BCUT2D eigenvalue weighted by atomic mass is 35.5. The molecule has 2 aromatic rings. The summed E-state index contributed by atoms with van der Waals surface area (Å²) in [5, 5.41) is 3.63. The Morgan fingerprint density at radius 2 is 1.69 bits per heavy atom. The number of benzene rings is 2. The zero-order valence-electron chi connectivity index (χ0n) is 17.4. The van der Waals surface area contributed by atoms with Gasteiger partial charge in [-0.05, 0) is 42.5 Å². The molecule has 0 spiro atoms. The van der Waals surface area contributed by atoms with Crippen LogP contribution in [0.2, 0.25) is 5.02 Å². The zero-order chi connectivity index (χ0) is 21.1. The molecule has 29 heavy (non-hydrogen) atoms. The molecule has 0 bridgehead atoms. The summed E-state index contributed by atoms with van der Waals surface area (Å²) < 4.78 is 0. The SMILES string of the molecule is CCCCNC(=O)[C@H](CC)N(CCc1ccccc1)C(=O)Cc1ccc(Cl)cc1. The van der Waals surface area contributed by atoms with Gasteiger partial charge in [0.15, 0.2) is 0 Å². The lowest BCUT2D eigenvalue weighted by Crippen LogP contribution is -2.50. The van der Waals surface area contributed by atoms with E-state index in [-0.39, 0.29) is 18.2 Å². The first-order chi connectivity index (χ1) is 14.0. The number of rotatable bonds is 11. The molecule has 2 aromatic carbocycles. The average Bonchev–Trinajstić information content (AvgIpc) is 2.73. The number of carbonyl (C=O) groups is 2. The largest absolute Gasteiger partial charge is 0.354 e. The maximum atomic E-state index is 13.2. The molecule has 2 amide bonds. The Morgan fingerprint density at radius 1 is 1.00 bits per heavy atom. The van der Waals surface area contributed by atoms with Crippen molar-refractivity contribution in [1.82, 2.24) is 10.2 Å². The molecule has 2 rings (SSSR count). The van der Waals surface area contributed by atoms with E-state index >= 15 is 0 Å². The van der Waals surface area contributed by atoms with Crippen LogP contribution in [0.3, 0.4) is 0 Å². The number of nitrogens with one attached hydrogen (secondary N) is 1. The molecular formula is C24H31ClN2O2. The molecule has 156 valence electrons. The minimum atomic E-state index is -0.463. The van der Waals surface area contributed by atoms with Crippen molar-refractivity contribution in [2.24, 2.45) is 0 Å². The Morgan fingerprint density at radius 3 is 2.31 bits per heavy atom. The molecule has 0 radical (unpaired) electrons. The summed E-state index contributed by atoms with van der Waals surface area (Å²) in [6.07, 6.45) is 3.50. The third kappa shape index (κ3) is 7.54. The fourth-order valence-corrected chi connectivity index (χ4v) is 3.41. The smallest absolute Gasteiger partial charge is 0.242 e. The van der Waals surface area contributed by atoms with Gasteiger partial charge in [-0.25, -0.2) is 0 Å². The quantitative estimate of drug-likeness (QED) is 0.544. The van der Waals surface area contributed by atoms with Crippen LogP contribution in [0.5, 0.6) is 0 Å². The number of hydrogen-bond acceptors (Lipinski definition) is 2. The predicted octanol–water partition coefficient (Wildman–Crippen LogP) is 4.65. The molecule has 0 saturated heterocycles. The second-order valence-electron chi connectivity index (χ2n) is 7.19. The molecule has 0 aromatic heterocycles. The molecule has 0 unspecified atom stereocenters. The molecule has 1 atom stereocenters. The van der Waals surface area contributed by atoms with E-state index in [1.807, 2.05) is 49.4 Å². The van der Waals surface area contributed by atoms with Gasteiger partial charge >= 0.3 is 0 Å². The van der Waals surface area contributed by atoms with Gasteiger partial charge in [-0.3, -0.25) is 9.59 Å². The van der Waals surface area contributed by atoms with Crippen molar-refractivity contribution >= 4 is 23.4 Å². The number of carbonyl (C=O) groups excluding carboxylic acids is 2. The zero-order valence-corrected chi connectivity index (χ0v) is 18.1. The van der Waals surface area contributed by atoms with Gasteiger partial charge in [-0.1, -0.05) is 74.3 Å². The molecule has 4 nitrogen and oxygen atoms in total. The highest BCUT2D eigenvalue weighted by Crippen LogP contribution is 2.14. The number of hydrogen-bond donors (Lipinski definition) is 1. The van der Waals surface area contributed by atoms with E-state index in [0.29, 0.717) is 31.0 Å². The van der Waals surface area contributed by atoms with Crippen LogP contribution in [0, 0.1) is 0 Å². The second-order valence-corrected chi connectivity index (χ2v) is 7.63. The van der Waals surface area contributed by atoms with Gasteiger partial charge in [0.05, 0.1) is 6.42 Å². The van der Waals surface area contributed by atoms with Crippen LogP contribution >= 0.6 is 11.6 Å². The third-order valence-electron chi connectivity index (χ3n) is 4.97. The van der Waals surface area contributed by atoms with Crippen molar-refractivity contribution in [3.05, 3.63) is 70.7 Å². The number of halogens is 1. The Labute approximate surface area is 179 Å². The summed E-state index contributed by atoms with van der Waals surface area (Å²) in [6.45, 7) is 5.19. The van der Waals surface area contributed by atoms with E-state index < -0.39 is 6.04 Å². The van der Waals surface area contributed by atoms with Gasteiger partial charge in [0.1, 0.15) is 6.04 Å². The molecular weight excluding hydrogens is 384 g/mol. The minimum absolute atomic E-state index is 0.0410. The molecule has 0 aliphatic heterocycles. The lowest BCUT2D eigenvalue weighted by molar-refractivity contribution is -0.140. The maximum Gasteiger partial charge on any atom is 0.242 e. The van der Waals surface area contributed by atoms with Crippen LogP contribution in [0.4, 0.5) is 0 Å². The summed E-state index contributed by atoms with van der Waals surface area (Å²) in [4.78, 5) is 27.7. The summed E-state index contributed by atoms with van der Waals surface area (Å²) in [5.74, 6) is -0.112. The van der Waals surface area contributed by atoms with Crippen LogP contribution in [-0.4, -0.2) is 35.8 Å². The first-order valence-corrected chi connectivity index (χ1v) is 10.8. The van der Waals surface area contributed by atoms with Crippen LogP contribution in [-0.2, 0) is 22.4 Å². The predicted molar refractivity (Wildman–Crippen MR) is 119 cm³/mol. The van der Waals surface area contributed by atoms with Gasteiger partial charge in [-0.2, -0.15) is 0 Å². The lowest BCUT2D eigenvalue weighted by Gasteiger charge is -2.30. The highest BCUT2D eigenvalue weighted by Gasteiger charge is 2.28. The minimum Gasteiger partial charge on any atom is -0.354 e. The Hall–Kier alpha value is -2.33. The van der Waals surface area contributed by atoms with Gasteiger partial charge in [-0.15, -0.1) is 0 Å². The normalized spacial score (nSPS) is 11.7. The standard InChI is InChI=1S/C24H31ClN2O2/c1-3-5-16-26-24(29)22(4-2)27(17-15-19-9-7-6-8-10-19)23(28)18-20-11-13-21(25)14-12-20/h6-14,22H,3-5,15-18H2,1-2H3,(H,26,29)/t22-/m0/s1. The van der Waals surface area contributed by atoms with E-state index in [9.17, 15) is 9.59 Å². The summed E-state index contributed by atoms with van der Waals surface area (Å²) >= 11 is 5.95. The van der Waals surface area contributed by atoms with Gasteiger partial charge in [0, 0.05) is 18.1 Å². The van der Waals surface area contributed by atoms with Gasteiger partial charge in [0.25, 0.3) is 0 Å². The monoisotopic (exact) mass is 414 g/mol. The summed E-state index contributed by atoms with van der Waals surface area (Å²) in [7, 11) is 0. The van der Waals surface area contributed by atoms with Crippen molar-refractivity contribution in [3.8, 4) is 0 Å². The number of nitrogens with zero attached hydrogens (tertiary/aromatic N) is 1. The second kappa shape index (κ2) is 12.3. The molecule has 5 heteroatoms. The van der Waals surface area contributed by atoms with Crippen molar-refractivity contribution in [3.63, 3.8) is 0 Å². The Balaban J connectivity index is 2.14. The van der Waals surface area contributed by atoms with Crippen LogP contribution in [0.25, 0.3) is 0 Å². The fraction of sp³-hybridized carbons (Fsp3) is 0.417. The summed E-state index contributed by atoms with van der Waals surface area (Å²) in [5.41, 5.74) is 2.04. The van der Waals surface area contributed by atoms with Crippen LogP contribution < -0.4 is 5.32 Å². The topological polar surface area (TPSA) is 49.4 Å². The fourth-order valence-electron chi connectivity index (χ4n) is 3.28. The molecule has 1 N–H and O–H groups in total. The van der Waals surface area contributed by atoms with Crippen molar-refractivity contribution < 1.29 is 9.59 Å². The lowest BCUT2D eigenvalue weighted by atomic mass is 10.1. The van der Waals surface area contributed by atoms with E-state index in [1.54, 1.807) is 17.0 Å². The molecule has 0 aliphatic rings. The molecule has 0 heterocycles. The van der Waals surface area contributed by atoms with E-state index in [0.717, 1.165) is 24.0 Å². The number of amides is 2. The maximum absolute atomic E-state index is 13.2. The van der Waals surface area contributed by atoms with Crippen molar-refractivity contribution in [2.75, 3.05) is 13.1 Å².